The monoisotopic (exact) mass is 1050 g/mol. The van der Waals surface area contributed by atoms with Crippen molar-refractivity contribution in [3.63, 3.8) is 0 Å². The SMILES string of the molecule is CCNC(=O)c1nnc(-c2cc(C(C)C)c(O)cc2OC2CN(Cc3ccc(-n4c(C(=O)NCC(F)(F)F)nnc4-c4cc(C(C)C)c(O)cc4O)c(Cl)c3)CCO2)n1-c1ccc(CN2CCOCC2)cc1Cl. The Balaban J connectivity index is 1.09. The molecule has 2 saturated heterocycles. The van der Waals surface area contributed by atoms with Crippen LogP contribution >= 0.6 is 23.2 Å². The maximum atomic E-state index is 13.6. The summed E-state index contributed by atoms with van der Waals surface area (Å²) in [6.45, 7) is 12.7. The first-order valence-corrected chi connectivity index (χ1v) is 24.4. The summed E-state index contributed by atoms with van der Waals surface area (Å²) in [5.74, 6) is -2.94. The van der Waals surface area contributed by atoms with Crippen molar-refractivity contribution in [2.75, 3.05) is 59.1 Å². The Kier molecular flexibility index (Phi) is 16.2. The van der Waals surface area contributed by atoms with Gasteiger partial charge in [0.1, 0.15) is 29.5 Å². The van der Waals surface area contributed by atoms with Gasteiger partial charge in [0.15, 0.2) is 11.6 Å². The second-order valence-corrected chi connectivity index (χ2v) is 19.1. The molecule has 2 aliphatic rings. The van der Waals surface area contributed by atoms with E-state index in [-0.39, 0.29) is 76.0 Å². The molecule has 2 aromatic heterocycles. The van der Waals surface area contributed by atoms with Crippen LogP contribution in [0.15, 0.2) is 60.7 Å². The van der Waals surface area contributed by atoms with E-state index < -0.39 is 42.4 Å². The number of hydrogen-bond acceptors (Lipinski definition) is 14. The van der Waals surface area contributed by atoms with Crippen molar-refractivity contribution in [3.05, 3.63) is 105 Å². The Morgan fingerprint density at radius 1 is 0.712 bits per heavy atom. The van der Waals surface area contributed by atoms with Crippen molar-refractivity contribution in [3.8, 4) is 57.1 Å². The van der Waals surface area contributed by atoms with Gasteiger partial charge in [0, 0.05) is 51.4 Å². The van der Waals surface area contributed by atoms with E-state index in [2.05, 4.69) is 30.6 Å². The predicted molar refractivity (Wildman–Crippen MR) is 265 cm³/mol. The molecule has 1 atom stereocenters. The number of halogens is 5. The number of aromatic hydroxyl groups is 3. The first kappa shape index (κ1) is 52.8. The molecule has 2 amide bonds. The molecule has 23 heteroatoms. The van der Waals surface area contributed by atoms with Gasteiger partial charge in [0.05, 0.1) is 58.9 Å². The van der Waals surface area contributed by atoms with Gasteiger partial charge in [-0.1, -0.05) is 63.0 Å². The molecule has 4 heterocycles. The molecule has 8 rings (SSSR count). The lowest BCUT2D eigenvalue weighted by molar-refractivity contribution is -0.131. The predicted octanol–water partition coefficient (Wildman–Crippen LogP) is 7.96. The number of nitrogens with one attached hydrogen (secondary N) is 2. The van der Waals surface area contributed by atoms with Crippen molar-refractivity contribution < 1.29 is 52.3 Å². The van der Waals surface area contributed by atoms with Crippen molar-refractivity contribution in [2.24, 2.45) is 0 Å². The minimum atomic E-state index is -4.72. The Bertz CT molecular complexity index is 3000. The smallest absolute Gasteiger partial charge is 0.405 e. The zero-order chi connectivity index (χ0) is 52.3. The van der Waals surface area contributed by atoms with Crippen LogP contribution in [-0.2, 0) is 22.6 Å². The Morgan fingerprint density at radius 2 is 1.23 bits per heavy atom. The molecule has 4 aromatic carbocycles. The van der Waals surface area contributed by atoms with Crippen LogP contribution in [0.3, 0.4) is 0 Å². The highest BCUT2D eigenvalue weighted by Gasteiger charge is 2.33. The first-order valence-electron chi connectivity index (χ1n) is 23.7. The summed E-state index contributed by atoms with van der Waals surface area (Å²) in [6.07, 6.45) is -5.61. The number of morpholine rings is 2. The van der Waals surface area contributed by atoms with E-state index in [1.165, 1.54) is 12.1 Å². The Morgan fingerprint density at radius 3 is 1.78 bits per heavy atom. The molecule has 388 valence electrons. The highest BCUT2D eigenvalue weighted by atomic mass is 35.5. The third-order valence-electron chi connectivity index (χ3n) is 12.3. The number of benzene rings is 4. The summed E-state index contributed by atoms with van der Waals surface area (Å²) in [6, 6.07) is 16.3. The van der Waals surface area contributed by atoms with Gasteiger partial charge in [-0.2, -0.15) is 13.2 Å². The summed E-state index contributed by atoms with van der Waals surface area (Å²) in [5.41, 5.74) is 3.69. The molecule has 0 saturated carbocycles. The zero-order valence-corrected chi connectivity index (χ0v) is 42.1. The molecule has 5 N–H and O–H groups in total. The van der Waals surface area contributed by atoms with Gasteiger partial charge in [-0.3, -0.25) is 28.5 Å². The van der Waals surface area contributed by atoms with Crippen LogP contribution in [0.25, 0.3) is 34.2 Å². The van der Waals surface area contributed by atoms with Gasteiger partial charge in [0.25, 0.3) is 11.8 Å². The van der Waals surface area contributed by atoms with Crippen LogP contribution in [0, 0.1) is 0 Å². The van der Waals surface area contributed by atoms with E-state index in [1.807, 2.05) is 56.1 Å². The third-order valence-corrected chi connectivity index (χ3v) is 12.9. The number of carbonyl (C=O) groups excluding carboxylic acids is 2. The van der Waals surface area contributed by atoms with Crippen LogP contribution in [-0.4, -0.2) is 138 Å². The lowest BCUT2D eigenvalue weighted by Crippen LogP contribution is -2.44. The first-order chi connectivity index (χ1) is 34.8. The fourth-order valence-corrected chi connectivity index (χ4v) is 9.26. The molecule has 0 bridgehead atoms. The number of ether oxygens (including phenoxy) is 3. The summed E-state index contributed by atoms with van der Waals surface area (Å²) >= 11 is 14.0. The maximum Gasteiger partial charge on any atom is 0.405 e. The average molecular weight is 1050 g/mol. The third kappa shape index (κ3) is 12.0. The van der Waals surface area contributed by atoms with Crippen LogP contribution in [0.1, 0.15) is 89.9 Å². The number of alkyl halides is 3. The van der Waals surface area contributed by atoms with E-state index >= 15 is 0 Å². The molecule has 2 aliphatic heterocycles. The largest absolute Gasteiger partial charge is 0.508 e. The van der Waals surface area contributed by atoms with Crippen LogP contribution in [0.5, 0.6) is 23.0 Å². The van der Waals surface area contributed by atoms with E-state index in [9.17, 15) is 38.1 Å². The molecule has 6 aromatic rings. The summed E-state index contributed by atoms with van der Waals surface area (Å²) in [4.78, 5) is 31.2. The van der Waals surface area contributed by atoms with Gasteiger partial charge < -0.3 is 40.2 Å². The molecule has 2 fully saturated rings. The fraction of sp³-hybridized carbons (Fsp3) is 0.400. The average Bonchev–Trinajstić information content (AvgIpc) is 3.97. The topological polar surface area (TPSA) is 214 Å². The van der Waals surface area contributed by atoms with Gasteiger partial charge >= 0.3 is 6.18 Å². The lowest BCUT2D eigenvalue weighted by Gasteiger charge is -2.33. The van der Waals surface area contributed by atoms with E-state index in [0.717, 1.165) is 29.3 Å². The zero-order valence-electron chi connectivity index (χ0n) is 40.6. The van der Waals surface area contributed by atoms with Crippen molar-refractivity contribution in [2.45, 2.75) is 72.0 Å². The Labute approximate surface area is 428 Å². The number of hydrogen-bond donors (Lipinski definition) is 5. The second kappa shape index (κ2) is 22.3. The van der Waals surface area contributed by atoms with Gasteiger partial charge in [-0.05, 0) is 77.4 Å². The molecule has 0 spiro atoms. The molecule has 0 aliphatic carbocycles. The standard InChI is InChI=1S/C50H55Cl2F3N10O8/c1-6-56-48(69)46-60-59-45(65(46)38-9-7-29(17-35(38)51)23-62-11-14-71-15-12-62)34-20-32(28(4)5)41(68)22-42(34)73-43-25-63(13-16-72-43)24-30-8-10-37(36(52)18-30)64-44(33-19-31(27(2)3)39(66)21-40(33)67)58-61-47(64)49(70)57-26-50(53,54)55/h7-10,17-22,27-28,43,66-68H,6,11-16,23-26H2,1-5H3,(H,56,69)(H,57,70). The second-order valence-electron chi connectivity index (χ2n) is 18.3. The molecule has 1 unspecified atom stereocenters. The highest BCUT2D eigenvalue weighted by molar-refractivity contribution is 6.33. The van der Waals surface area contributed by atoms with Crippen molar-refractivity contribution in [1.82, 2.24) is 50.0 Å². The van der Waals surface area contributed by atoms with E-state index in [1.54, 1.807) is 35.8 Å². The molecule has 73 heavy (non-hydrogen) atoms. The number of carbonyl (C=O) groups is 2. The van der Waals surface area contributed by atoms with Crippen molar-refractivity contribution in [1.29, 1.82) is 0 Å². The lowest BCUT2D eigenvalue weighted by atomic mass is 9.98. The molecule has 0 radical (unpaired) electrons. The molecule has 18 nitrogen and oxygen atoms in total. The number of nitrogens with zero attached hydrogens (tertiary/aromatic N) is 8. The molecular formula is C50H55Cl2F3N10O8. The highest BCUT2D eigenvalue weighted by Crippen LogP contribution is 2.42. The number of aromatic nitrogens is 6. The summed E-state index contributed by atoms with van der Waals surface area (Å²) in [5, 5.41) is 54.8. The number of phenols is 3. The number of amides is 2. The number of phenolic OH excluding ortho intramolecular Hbond substituents is 3. The Hall–Kier alpha value is -6.49. The van der Waals surface area contributed by atoms with Crippen LogP contribution < -0.4 is 15.4 Å². The van der Waals surface area contributed by atoms with Gasteiger partial charge in [-0.15, -0.1) is 20.4 Å². The van der Waals surface area contributed by atoms with Crippen LogP contribution in [0.4, 0.5) is 13.2 Å². The van der Waals surface area contributed by atoms with Crippen molar-refractivity contribution >= 4 is 35.0 Å². The minimum Gasteiger partial charge on any atom is -0.508 e. The van der Waals surface area contributed by atoms with E-state index in [4.69, 9.17) is 37.4 Å². The summed E-state index contributed by atoms with van der Waals surface area (Å²) < 4.78 is 60.6. The fourth-order valence-electron chi connectivity index (χ4n) is 8.68. The minimum absolute atomic E-state index is 0.0187. The maximum absolute atomic E-state index is 13.6. The van der Waals surface area contributed by atoms with Crippen LogP contribution in [0.2, 0.25) is 10.0 Å². The van der Waals surface area contributed by atoms with Gasteiger partial charge in [0.2, 0.25) is 17.9 Å². The number of rotatable bonds is 16. The normalized spacial score (nSPS) is 15.8. The van der Waals surface area contributed by atoms with E-state index in [0.29, 0.717) is 72.4 Å². The quantitative estimate of drug-likeness (QED) is 0.0622. The molecular weight excluding hydrogens is 997 g/mol. The van der Waals surface area contributed by atoms with Gasteiger partial charge in [-0.25, -0.2) is 0 Å². The summed E-state index contributed by atoms with van der Waals surface area (Å²) in [7, 11) is 0.